The van der Waals surface area contributed by atoms with Crippen LogP contribution in [0.2, 0.25) is 10.0 Å². The Balaban J connectivity index is 2.23. The molecule has 0 saturated heterocycles. The summed E-state index contributed by atoms with van der Waals surface area (Å²) in [5, 5.41) is 13.8. The molecule has 4 nitrogen and oxygen atoms in total. The summed E-state index contributed by atoms with van der Waals surface area (Å²) < 4.78 is 0. The quantitative estimate of drug-likeness (QED) is 0.890. The Bertz CT molecular complexity index is 540. The van der Waals surface area contributed by atoms with Gasteiger partial charge in [-0.1, -0.05) is 23.2 Å². The average Bonchev–Trinajstić information content (AvgIpc) is 2.43. The van der Waals surface area contributed by atoms with Gasteiger partial charge < -0.3 is 5.11 Å². The Hall–Kier alpha value is -0.750. The number of aliphatic hydroxyl groups is 1. The summed E-state index contributed by atoms with van der Waals surface area (Å²) in [5.74, 6) is 0.373. The molecule has 0 bridgehead atoms. The van der Waals surface area contributed by atoms with E-state index in [1.165, 1.54) is 11.8 Å². The van der Waals surface area contributed by atoms with Crippen LogP contribution in [0.4, 0.5) is 0 Å². The van der Waals surface area contributed by atoms with Gasteiger partial charge in [0, 0.05) is 27.8 Å². The van der Waals surface area contributed by atoms with Gasteiger partial charge in [-0.25, -0.2) is 5.43 Å². The molecule has 0 fully saturated rings. The number of hydrazone groups is 1. The molecule has 1 aliphatic heterocycles. The van der Waals surface area contributed by atoms with Gasteiger partial charge in [-0.05, 0) is 24.6 Å². The molecular formula is C13H14Cl2N2O2S. The van der Waals surface area contributed by atoms with Gasteiger partial charge in [0.25, 0.3) is 5.91 Å². The van der Waals surface area contributed by atoms with Crippen LogP contribution in [0.5, 0.6) is 0 Å². The van der Waals surface area contributed by atoms with E-state index in [2.05, 4.69) is 10.5 Å². The second kappa shape index (κ2) is 6.80. The smallest absolute Gasteiger partial charge is 0.253 e. The van der Waals surface area contributed by atoms with Crippen molar-refractivity contribution in [3.05, 3.63) is 33.3 Å². The van der Waals surface area contributed by atoms with Gasteiger partial charge >= 0.3 is 0 Å². The molecule has 1 heterocycles. The van der Waals surface area contributed by atoms with Crippen molar-refractivity contribution in [3.8, 4) is 0 Å². The van der Waals surface area contributed by atoms with Crippen molar-refractivity contribution < 1.29 is 9.90 Å². The first-order valence-electron chi connectivity index (χ1n) is 6.08. The summed E-state index contributed by atoms with van der Waals surface area (Å²) in [4.78, 5) is 11.7. The molecule has 2 rings (SSSR count). The van der Waals surface area contributed by atoms with Gasteiger partial charge in [0.05, 0.1) is 17.6 Å². The number of thioether (sulfide) groups is 1. The minimum absolute atomic E-state index is 0.0448. The largest absolute Gasteiger partial charge is 0.396 e. The van der Waals surface area contributed by atoms with E-state index < -0.39 is 0 Å². The Labute approximate surface area is 131 Å². The lowest BCUT2D eigenvalue weighted by Crippen LogP contribution is -2.37. The van der Waals surface area contributed by atoms with Crippen molar-refractivity contribution in [1.82, 2.24) is 5.43 Å². The highest BCUT2D eigenvalue weighted by molar-refractivity contribution is 8.00. The van der Waals surface area contributed by atoms with Gasteiger partial charge in [0.2, 0.25) is 0 Å². The van der Waals surface area contributed by atoms with E-state index in [0.29, 0.717) is 22.2 Å². The number of carbonyl (C=O) groups excluding carboxylic acids is 1. The minimum atomic E-state index is -0.256. The first kappa shape index (κ1) is 15.6. The van der Waals surface area contributed by atoms with Crippen LogP contribution in [-0.2, 0) is 4.79 Å². The maximum atomic E-state index is 11.7. The molecule has 0 aliphatic carbocycles. The van der Waals surface area contributed by atoms with Crippen molar-refractivity contribution in [2.75, 3.05) is 12.4 Å². The summed E-state index contributed by atoms with van der Waals surface area (Å²) >= 11 is 13.7. The molecule has 1 atom stereocenters. The number of carbonyl (C=O) groups is 1. The molecule has 0 aromatic heterocycles. The maximum absolute atomic E-state index is 11.7. The van der Waals surface area contributed by atoms with E-state index in [1.54, 1.807) is 12.1 Å². The molecule has 1 aromatic rings. The lowest BCUT2D eigenvalue weighted by atomic mass is 10.0. The summed E-state index contributed by atoms with van der Waals surface area (Å²) in [5.41, 5.74) is 4.87. The fraction of sp³-hybridized carbons (Fsp3) is 0.385. The lowest BCUT2D eigenvalue weighted by Gasteiger charge is -2.21. The van der Waals surface area contributed by atoms with Crippen LogP contribution in [0.3, 0.4) is 0 Å². The third kappa shape index (κ3) is 3.47. The summed E-state index contributed by atoms with van der Waals surface area (Å²) in [6.45, 7) is 1.89. The summed E-state index contributed by atoms with van der Waals surface area (Å²) in [7, 11) is 0. The van der Waals surface area contributed by atoms with E-state index in [4.69, 9.17) is 28.3 Å². The van der Waals surface area contributed by atoms with E-state index in [1.807, 2.05) is 6.92 Å². The van der Waals surface area contributed by atoms with Crippen LogP contribution in [0.1, 0.15) is 17.5 Å². The summed E-state index contributed by atoms with van der Waals surface area (Å²) in [6.07, 6.45) is 0.492. The standard InChI is InChI=1S/C13H14Cl2N2O2S/c1-7-9(14)4-8(5-10(7)15)11-6-12(20-3-2-18)13(19)17-16-11/h4-5,12,18H,2-3,6H2,1H3,(H,17,19). The molecule has 1 amide bonds. The summed E-state index contributed by atoms with van der Waals surface area (Å²) in [6, 6.07) is 3.60. The second-order valence-corrected chi connectivity index (χ2v) is 6.51. The third-order valence-corrected chi connectivity index (χ3v) is 4.98. The highest BCUT2D eigenvalue weighted by Crippen LogP contribution is 2.28. The first-order valence-corrected chi connectivity index (χ1v) is 7.88. The first-order chi connectivity index (χ1) is 9.52. The zero-order valence-corrected chi connectivity index (χ0v) is 13.1. The van der Waals surface area contributed by atoms with Crippen molar-refractivity contribution in [2.24, 2.45) is 5.10 Å². The molecule has 20 heavy (non-hydrogen) atoms. The molecule has 1 aromatic carbocycles. The van der Waals surface area contributed by atoms with Crippen LogP contribution in [-0.4, -0.2) is 34.3 Å². The van der Waals surface area contributed by atoms with Gasteiger partial charge in [-0.15, -0.1) is 11.8 Å². The highest BCUT2D eigenvalue weighted by Gasteiger charge is 2.26. The number of hydrogen-bond acceptors (Lipinski definition) is 4. The fourth-order valence-corrected chi connectivity index (χ4v) is 3.19. The average molecular weight is 333 g/mol. The molecule has 1 aliphatic rings. The van der Waals surface area contributed by atoms with Crippen LogP contribution < -0.4 is 5.43 Å². The predicted octanol–water partition coefficient (Wildman–Crippen LogP) is 2.62. The van der Waals surface area contributed by atoms with Crippen molar-refractivity contribution in [3.63, 3.8) is 0 Å². The number of nitrogens with zero attached hydrogens (tertiary/aromatic N) is 1. The highest BCUT2D eigenvalue weighted by atomic mass is 35.5. The molecule has 0 radical (unpaired) electrons. The van der Waals surface area contributed by atoms with Crippen LogP contribution in [0.25, 0.3) is 0 Å². The van der Waals surface area contributed by atoms with Gasteiger partial charge in [-0.2, -0.15) is 5.10 Å². The minimum Gasteiger partial charge on any atom is -0.396 e. The number of aliphatic hydroxyl groups excluding tert-OH is 1. The van der Waals surface area contributed by atoms with E-state index >= 15 is 0 Å². The monoisotopic (exact) mass is 332 g/mol. The Morgan fingerprint density at radius 2 is 2.10 bits per heavy atom. The number of amides is 1. The predicted molar refractivity (Wildman–Crippen MR) is 83.8 cm³/mol. The molecule has 7 heteroatoms. The Kier molecular flexibility index (Phi) is 5.32. The van der Waals surface area contributed by atoms with Crippen LogP contribution >= 0.6 is 35.0 Å². The normalized spacial score (nSPS) is 18.7. The number of benzene rings is 1. The molecule has 1 unspecified atom stereocenters. The number of nitrogens with one attached hydrogen (secondary N) is 1. The van der Waals surface area contributed by atoms with Gasteiger partial charge in [0.1, 0.15) is 0 Å². The molecule has 0 saturated carbocycles. The van der Waals surface area contributed by atoms with Crippen LogP contribution in [0, 0.1) is 6.92 Å². The molecule has 0 spiro atoms. The van der Waals surface area contributed by atoms with E-state index in [-0.39, 0.29) is 17.8 Å². The van der Waals surface area contributed by atoms with E-state index in [0.717, 1.165) is 16.8 Å². The number of rotatable bonds is 4. The van der Waals surface area contributed by atoms with Crippen molar-refractivity contribution in [2.45, 2.75) is 18.6 Å². The zero-order valence-electron chi connectivity index (χ0n) is 10.8. The van der Waals surface area contributed by atoms with Crippen LogP contribution in [0.15, 0.2) is 17.2 Å². The molecular weight excluding hydrogens is 319 g/mol. The van der Waals surface area contributed by atoms with Gasteiger partial charge in [0.15, 0.2) is 0 Å². The van der Waals surface area contributed by atoms with Crippen molar-refractivity contribution >= 4 is 46.6 Å². The SMILES string of the molecule is Cc1c(Cl)cc(C2=NNC(=O)C(SCCO)C2)cc1Cl. The molecule has 108 valence electrons. The van der Waals surface area contributed by atoms with Gasteiger partial charge in [-0.3, -0.25) is 4.79 Å². The number of halogens is 2. The zero-order chi connectivity index (χ0) is 14.7. The lowest BCUT2D eigenvalue weighted by molar-refractivity contribution is -0.120. The van der Waals surface area contributed by atoms with Crippen molar-refractivity contribution in [1.29, 1.82) is 0 Å². The fourth-order valence-electron chi connectivity index (χ4n) is 1.83. The second-order valence-electron chi connectivity index (χ2n) is 4.39. The Morgan fingerprint density at radius 3 is 2.70 bits per heavy atom. The Morgan fingerprint density at radius 1 is 1.45 bits per heavy atom. The number of hydrogen-bond donors (Lipinski definition) is 2. The maximum Gasteiger partial charge on any atom is 0.253 e. The molecule has 2 N–H and O–H groups in total. The van der Waals surface area contributed by atoms with E-state index in [9.17, 15) is 4.79 Å². The topological polar surface area (TPSA) is 61.7 Å². The third-order valence-electron chi connectivity index (χ3n) is 3.00.